The lowest BCUT2D eigenvalue weighted by Crippen LogP contribution is -2.48. The van der Waals surface area contributed by atoms with Crippen molar-refractivity contribution >= 4 is 29.1 Å². The molecular formula is C16H21ClN2O3. The standard InChI is InChI=1S/C16H21ClN2O3/c1-10-5-6-11(17)12(8-10)18-14(21)15(22)19-13-4-3-7-16(13,2)9-20/h5-6,8,13,20H,3-4,7,9H2,1-2H3,(H,18,21)(H,19,22). The van der Waals surface area contributed by atoms with E-state index in [-0.39, 0.29) is 18.1 Å². The Morgan fingerprint density at radius 2 is 2.14 bits per heavy atom. The van der Waals surface area contributed by atoms with Crippen LogP contribution in [-0.4, -0.2) is 29.6 Å². The van der Waals surface area contributed by atoms with Gasteiger partial charge in [0.1, 0.15) is 0 Å². The third kappa shape index (κ3) is 3.59. The second-order valence-electron chi connectivity index (χ2n) is 6.17. The molecule has 1 aromatic carbocycles. The number of carbonyl (C=O) groups excluding carboxylic acids is 2. The summed E-state index contributed by atoms with van der Waals surface area (Å²) in [4.78, 5) is 24.1. The largest absolute Gasteiger partial charge is 0.396 e. The van der Waals surface area contributed by atoms with Crippen LogP contribution in [0.2, 0.25) is 5.02 Å². The Balaban J connectivity index is 2.01. The van der Waals surface area contributed by atoms with Crippen molar-refractivity contribution in [2.75, 3.05) is 11.9 Å². The Morgan fingerprint density at radius 3 is 2.82 bits per heavy atom. The molecule has 6 heteroatoms. The van der Waals surface area contributed by atoms with Gasteiger partial charge in [-0.25, -0.2) is 0 Å². The molecule has 2 amide bonds. The van der Waals surface area contributed by atoms with Gasteiger partial charge in [-0.05, 0) is 37.5 Å². The van der Waals surface area contributed by atoms with Gasteiger partial charge < -0.3 is 15.7 Å². The third-order valence-corrected chi connectivity index (χ3v) is 4.65. The summed E-state index contributed by atoms with van der Waals surface area (Å²) in [5.41, 5.74) is 0.985. The molecule has 1 aliphatic carbocycles. The molecule has 0 saturated heterocycles. The van der Waals surface area contributed by atoms with Gasteiger partial charge >= 0.3 is 11.8 Å². The number of aliphatic hydroxyl groups is 1. The van der Waals surface area contributed by atoms with Crippen LogP contribution in [0.4, 0.5) is 5.69 Å². The monoisotopic (exact) mass is 324 g/mol. The van der Waals surface area contributed by atoms with E-state index in [1.165, 1.54) is 0 Å². The lowest BCUT2D eigenvalue weighted by molar-refractivity contribution is -0.137. The zero-order valence-electron chi connectivity index (χ0n) is 12.8. The zero-order valence-corrected chi connectivity index (χ0v) is 13.5. The van der Waals surface area contributed by atoms with Gasteiger partial charge in [-0.15, -0.1) is 0 Å². The van der Waals surface area contributed by atoms with Crippen molar-refractivity contribution < 1.29 is 14.7 Å². The number of hydrogen-bond acceptors (Lipinski definition) is 3. The predicted octanol–water partition coefficient (Wildman–Crippen LogP) is 2.25. The van der Waals surface area contributed by atoms with Crippen LogP contribution in [0, 0.1) is 12.3 Å². The van der Waals surface area contributed by atoms with E-state index >= 15 is 0 Å². The summed E-state index contributed by atoms with van der Waals surface area (Å²) in [6, 6.07) is 5.01. The number of rotatable bonds is 3. The van der Waals surface area contributed by atoms with E-state index < -0.39 is 11.8 Å². The minimum absolute atomic E-state index is 0.0106. The van der Waals surface area contributed by atoms with Gasteiger partial charge in [-0.2, -0.15) is 0 Å². The molecule has 0 aromatic heterocycles. The molecule has 0 aliphatic heterocycles. The summed E-state index contributed by atoms with van der Waals surface area (Å²) < 4.78 is 0. The molecule has 5 nitrogen and oxygen atoms in total. The van der Waals surface area contributed by atoms with Crippen molar-refractivity contribution in [2.45, 2.75) is 39.2 Å². The van der Waals surface area contributed by atoms with Gasteiger partial charge in [-0.3, -0.25) is 9.59 Å². The molecule has 2 rings (SSSR count). The summed E-state index contributed by atoms with van der Waals surface area (Å²) in [7, 11) is 0. The molecule has 1 aliphatic rings. The van der Waals surface area contributed by atoms with Crippen LogP contribution < -0.4 is 10.6 Å². The summed E-state index contributed by atoms with van der Waals surface area (Å²) in [6.07, 6.45) is 2.52. The van der Waals surface area contributed by atoms with Gasteiger partial charge in [0.25, 0.3) is 0 Å². The van der Waals surface area contributed by atoms with E-state index in [0.717, 1.165) is 24.8 Å². The van der Waals surface area contributed by atoms with E-state index in [1.54, 1.807) is 12.1 Å². The highest BCUT2D eigenvalue weighted by Gasteiger charge is 2.39. The van der Waals surface area contributed by atoms with Crippen LogP contribution >= 0.6 is 11.6 Å². The SMILES string of the molecule is Cc1ccc(Cl)c(NC(=O)C(=O)NC2CCCC2(C)CO)c1. The first-order chi connectivity index (χ1) is 10.4. The smallest absolute Gasteiger partial charge is 0.313 e. The average molecular weight is 325 g/mol. The van der Waals surface area contributed by atoms with Gasteiger partial charge in [0.2, 0.25) is 0 Å². The number of anilines is 1. The van der Waals surface area contributed by atoms with Crippen LogP contribution in [0.25, 0.3) is 0 Å². The maximum atomic E-state index is 12.1. The maximum Gasteiger partial charge on any atom is 0.313 e. The van der Waals surface area contributed by atoms with Crippen molar-refractivity contribution in [3.05, 3.63) is 28.8 Å². The first kappa shape index (κ1) is 16.8. The minimum atomic E-state index is -0.750. The molecule has 2 atom stereocenters. The van der Waals surface area contributed by atoms with Crippen molar-refractivity contribution in [3.8, 4) is 0 Å². The van der Waals surface area contributed by atoms with E-state index in [2.05, 4.69) is 10.6 Å². The minimum Gasteiger partial charge on any atom is -0.396 e. The highest BCUT2D eigenvalue weighted by molar-refractivity contribution is 6.41. The van der Waals surface area contributed by atoms with Gasteiger partial charge in [0, 0.05) is 11.5 Å². The Hall–Kier alpha value is -1.59. The van der Waals surface area contributed by atoms with Gasteiger partial charge in [0.15, 0.2) is 0 Å². The number of amides is 2. The predicted molar refractivity (Wildman–Crippen MR) is 85.8 cm³/mol. The Bertz CT molecular complexity index is 591. The van der Waals surface area contributed by atoms with Crippen LogP contribution in [0.1, 0.15) is 31.7 Å². The molecule has 1 aromatic rings. The molecule has 0 heterocycles. The van der Waals surface area contributed by atoms with Crippen LogP contribution in [-0.2, 0) is 9.59 Å². The van der Waals surface area contributed by atoms with E-state index in [9.17, 15) is 14.7 Å². The molecule has 2 unspecified atom stereocenters. The zero-order chi connectivity index (χ0) is 16.3. The number of halogens is 1. The fourth-order valence-electron chi connectivity index (χ4n) is 2.81. The molecule has 0 bridgehead atoms. The van der Waals surface area contributed by atoms with Crippen molar-refractivity contribution in [1.82, 2.24) is 5.32 Å². The number of aryl methyl sites for hydroxylation is 1. The molecule has 0 radical (unpaired) electrons. The molecule has 120 valence electrons. The quantitative estimate of drug-likeness (QED) is 0.746. The molecule has 22 heavy (non-hydrogen) atoms. The van der Waals surface area contributed by atoms with E-state index in [1.807, 2.05) is 19.9 Å². The summed E-state index contributed by atoms with van der Waals surface area (Å²) in [5.74, 6) is -1.45. The number of benzene rings is 1. The summed E-state index contributed by atoms with van der Waals surface area (Å²) in [6.45, 7) is 3.78. The van der Waals surface area contributed by atoms with Crippen molar-refractivity contribution in [3.63, 3.8) is 0 Å². The fourth-order valence-corrected chi connectivity index (χ4v) is 2.97. The van der Waals surface area contributed by atoms with Crippen molar-refractivity contribution in [1.29, 1.82) is 0 Å². The van der Waals surface area contributed by atoms with Crippen LogP contribution in [0.5, 0.6) is 0 Å². The fraction of sp³-hybridized carbons (Fsp3) is 0.500. The molecule has 3 N–H and O–H groups in total. The molecule has 0 spiro atoms. The third-order valence-electron chi connectivity index (χ3n) is 4.32. The summed E-state index contributed by atoms with van der Waals surface area (Å²) >= 11 is 6.00. The second kappa shape index (κ2) is 6.67. The number of aliphatic hydroxyl groups excluding tert-OH is 1. The number of nitrogens with one attached hydrogen (secondary N) is 2. The lowest BCUT2D eigenvalue weighted by atomic mass is 9.86. The Morgan fingerprint density at radius 1 is 1.41 bits per heavy atom. The highest BCUT2D eigenvalue weighted by Crippen LogP contribution is 2.37. The van der Waals surface area contributed by atoms with E-state index in [0.29, 0.717) is 10.7 Å². The average Bonchev–Trinajstić information content (AvgIpc) is 2.84. The maximum absolute atomic E-state index is 12.1. The van der Waals surface area contributed by atoms with Gasteiger partial charge in [0.05, 0.1) is 17.3 Å². The van der Waals surface area contributed by atoms with Gasteiger partial charge in [-0.1, -0.05) is 31.0 Å². The first-order valence-corrected chi connectivity index (χ1v) is 7.72. The van der Waals surface area contributed by atoms with E-state index in [4.69, 9.17) is 11.6 Å². The normalized spacial score (nSPS) is 24.1. The highest BCUT2D eigenvalue weighted by atomic mass is 35.5. The second-order valence-corrected chi connectivity index (χ2v) is 6.58. The summed E-state index contributed by atoms with van der Waals surface area (Å²) in [5, 5.41) is 15.1. The first-order valence-electron chi connectivity index (χ1n) is 7.34. The van der Waals surface area contributed by atoms with Crippen molar-refractivity contribution in [2.24, 2.45) is 5.41 Å². The molecular weight excluding hydrogens is 304 g/mol. The molecule has 1 saturated carbocycles. The number of hydrogen-bond donors (Lipinski definition) is 3. The van der Waals surface area contributed by atoms with Crippen LogP contribution in [0.15, 0.2) is 18.2 Å². The molecule has 1 fully saturated rings. The van der Waals surface area contributed by atoms with Crippen LogP contribution in [0.3, 0.4) is 0 Å². The topological polar surface area (TPSA) is 78.4 Å². The number of carbonyl (C=O) groups is 2. The Labute approximate surface area is 135 Å². The lowest BCUT2D eigenvalue weighted by Gasteiger charge is -2.29. The Kier molecular flexibility index (Phi) is 5.08.